The Hall–Kier alpha value is -1.92. The molecule has 1 fully saturated rings. The molecule has 1 aliphatic heterocycles. The zero-order chi connectivity index (χ0) is 14.2. The van der Waals surface area contributed by atoms with Crippen molar-refractivity contribution in [3.8, 4) is 12.3 Å². The molecule has 4 atom stereocenters. The first-order valence-electron chi connectivity index (χ1n) is 5.42. The van der Waals surface area contributed by atoms with E-state index in [0.29, 0.717) is 0 Å². The summed E-state index contributed by atoms with van der Waals surface area (Å²) in [5, 5.41) is 29.0. The summed E-state index contributed by atoms with van der Waals surface area (Å²) in [7, 11) is 0. The van der Waals surface area contributed by atoms with Gasteiger partial charge < -0.3 is 25.8 Å². The van der Waals surface area contributed by atoms with Gasteiger partial charge in [-0.3, -0.25) is 4.57 Å². The van der Waals surface area contributed by atoms with Crippen LogP contribution in [0.25, 0.3) is 0 Å². The van der Waals surface area contributed by atoms with Crippen LogP contribution < -0.4 is 11.4 Å². The van der Waals surface area contributed by atoms with E-state index in [-0.39, 0.29) is 5.82 Å². The average Bonchev–Trinajstić information content (AvgIpc) is 2.64. The van der Waals surface area contributed by atoms with Crippen LogP contribution in [0.4, 0.5) is 5.82 Å². The van der Waals surface area contributed by atoms with Gasteiger partial charge in [0.05, 0.1) is 6.61 Å². The molecular weight excluding hydrogens is 254 g/mol. The Morgan fingerprint density at radius 1 is 1.63 bits per heavy atom. The number of terminal acetylenes is 1. The third-order valence-corrected chi connectivity index (χ3v) is 3.03. The second-order valence-electron chi connectivity index (χ2n) is 4.18. The van der Waals surface area contributed by atoms with Crippen LogP contribution in [0.15, 0.2) is 17.1 Å². The second-order valence-corrected chi connectivity index (χ2v) is 4.18. The number of aliphatic hydroxyl groups is 3. The number of aromatic nitrogens is 2. The molecule has 2 rings (SSSR count). The minimum atomic E-state index is -1.76. The van der Waals surface area contributed by atoms with Gasteiger partial charge in [-0.1, -0.05) is 5.92 Å². The number of aliphatic hydroxyl groups excluding tert-OH is 3. The van der Waals surface area contributed by atoms with Crippen molar-refractivity contribution in [1.82, 2.24) is 9.55 Å². The third kappa shape index (κ3) is 1.98. The van der Waals surface area contributed by atoms with Crippen LogP contribution in [0.1, 0.15) is 6.23 Å². The first-order valence-corrected chi connectivity index (χ1v) is 5.42. The maximum atomic E-state index is 11.7. The van der Waals surface area contributed by atoms with E-state index in [4.69, 9.17) is 16.9 Å². The maximum Gasteiger partial charge on any atom is 0.351 e. The average molecular weight is 267 g/mol. The van der Waals surface area contributed by atoms with Crippen molar-refractivity contribution in [2.24, 2.45) is 0 Å². The van der Waals surface area contributed by atoms with Crippen molar-refractivity contribution < 1.29 is 20.1 Å². The Labute approximate surface area is 108 Å². The quantitative estimate of drug-likeness (QED) is 0.433. The first kappa shape index (κ1) is 13.5. The van der Waals surface area contributed by atoms with Crippen molar-refractivity contribution in [3.05, 3.63) is 22.7 Å². The molecule has 8 heteroatoms. The minimum Gasteiger partial charge on any atom is -0.392 e. The van der Waals surface area contributed by atoms with Gasteiger partial charge in [-0.05, 0) is 6.07 Å². The van der Waals surface area contributed by atoms with Crippen LogP contribution in [-0.2, 0) is 4.74 Å². The Morgan fingerprint density at radius 3 is 2.79 bits per heavy atom. The summed E-state index contributed by atoms with van der Waals surface area (Å²) in [4.78, 5) is 15.1. The SMILES string of the molecule is C#C[C@]1(CO)O[C@@H](n2ccc(N)nc2=O)[C@H](O)[C@@H]1O. The number of nitrogens with zero attached hydrogens (tertiary/aromatic N) is 2. The molecule has 0 aliphatic carbocycles. The maximum absolute atomic E-state index is 11.7. The van der Waals surface area contributed by atoms with Crippen LogP contribution in [0, 0.1) is 12.3 Å². The van der Waals surface area contributed by atoms with Gasteiger partial charge in [0.25, 0.3) is 0 Å². The normalized spacial score (nSPS) is 34.1. The van der Waals surface area contributed by atoms with Gasteiger partial charge in [0.1, 0.15) is 18.0 Å². The summed E-state index contributed by atoms with van der Waals surface area (Å²) in [6, 6.07) is 1.33. The monoisotopic (exact) mass is 267 g/mol. The Kier molecular flexibility index (Phi) is 3.30. The Bertz CT molecular complexity index is 580. The van der Waals surface area contributed by atoms with E-state index in [2.05, 4.69) is 10.9 Å². The molecule has 19 heavy (non-hydrogen) atoms. The molecule has 102 valence electrons. The summed E-state index contributed by atoms with van der Waals surface area (Å²) >= 11 is 0. The lowest BCUT2D eigenvalue weighted by Gasteiger charge is -2.23. The number of ether oxygens (including phenoxy) is 1. The Balaban J connectivity index is 2.43. The van der Waals surface area contributed by atoms with E-state index in [1.54, 1.807) is 0 Å². The number of hydrogen-bond donors (Lipinski definition) is 4. The van der Waals surface area contributed by atoms with Crippen molar-refractivity contribution >= 4 is 5.82 Å². The van der Waals surface area contributed by atoms with E-state index in [9.17, 15) is 20.1 Å². The largest absolute Gasteiger partial charge is 0.392 e. The van der Waals surface area contributed by atoms with E-state index in [1.807, 2.05) is 0 Å². The molecule has 0 saturated carbocycles. The van der Waals surface area contributed by atoms with Gasteiger partial charge in [-0.25, -0.2) is 4.79 Å². The Morgan fingerprint density at radius 2 is 2.32 bits per heavy atom. The third-order valence-electron chi connectivity index (χ3n) is 3.03. The highest BCUT2D eigenvalue weighted by molar-refractivity contribution is 5.24. The molecule has 0 amide bonds. The molecule has 0 spiro atoms. The van der Waals surface area contributed by atoms with Crippen molar-refractivity contribution in [2.45, 2.75) is 24.0 Å². The van der Waals surface area contributed by atoms with Crippen molar-refractivity contribution in [1.29, 1.82) is 0 Å². The number of anilines is 1. The fraction of sp³-hybridized carbons (Fsp3) is 0.455. The summed E-state index contributed by atoms with van der Waals surface area (Å²) in [5.74, 6) is 2.11. The highest BCUT2D eigenvalue weighted by Crippen LogP contribution is 2.35. The predicted molar refractivity (Wildman–Crippen MR) is 63.7 cm³/mol. The van der Waals surface area contributed by atoms with Gasteiger partial charge in [0.2, 0.25) is 0 Å². The van der Waals surface area contributed by atoms with E-state index >= 15 is 0 Å². The highest BCUT2D eigenvalue weighted by Gasteiger charge is 2.54. The molecule has 0 radical (unpaired) electrons. The lowest BCUT2D eigenvalue weighted by atomic mass is 9.97. The smallest absolute Gasteiger partial charge is 0.351 e. The molecule has 1 aromatic rings. The number of nitrogens with two attached hydrogens (primary N) is 1. The predicted octanol–water partition coefficient (Wildman–Crippen LogP) is -2.56. The molecule has 1 saturated heterocycles. The van der Waals surface area contributed by atoms with Crippen molar-refractivity contribution in [3.63, 3.8) is 0 Å². The topological polar surface area (TPSA) is 131 Å². The van der Waals surface area contributed by atoms with Gasteiger partial charge in [0, 0.05) is 6.20 Å². The van der Waals surface area contributed by atoms with Crippen LogP contribution in [0.3, 0.4) is 0 Å². The van der Waals surface area contributed by atoms with Crippen LogP contribution in [0.5, 0.6) is 0 Å². The zero-order valence-corrected chi connectivity index (χ0v) is 9.80. The van der Waals surface area contributed by atoms with Gasteiger partial charge in [0.15, 0.2) is 11.8 Å². The number of nitrogen functional groups attached to an aromatic ring is 1. The summed E-state index contributed by atoms with van der Waals surface area (Å²) in [5.41, 5.74) is 2.82. The molecule has 0 unspecified atom stereocenters. The standard InChI is InChI=1S/C11H13N3O5/c1-2-11(5-15)8(17)7(16)9(19-11)14-4-3-6(12)13-10(14)18/h1,3-4,7-9,15-17H,5H2,(H2,12,13,18)/t7-,8+,9-,11-/m1/s1. The zero-order valence-electron chi connectivity index (χ0n) is 9.80. The van der Waals surface area contributed by atoms with Crippen LogP contribution in [-0.4, -0.2) is 49.3 Å². The van der Waals surface area contributed by atoms with Crippen LogP contribution >= 0.6 is 0 Å². The molecular formula is C11H13N3O5. The lowest BCUT2D eigenvalue weighted by Crippen LogP contribution is -2.45. The van der Waals surface area contributed by atoms with Gasteiger partial charge in [-0.15, -0.1) is 6.42 Å². The first-order chi connectivity index (χ1) is 8.95. The highest BCUT2D eigenvalue weighted by atomic mass is 16.6. The fourth-order valence-corrected chi connectivity index (χ4v) is 1.92. The molecule has 1 aromatic heterocycles. The van der Waals surface area contributed by atoms with E-state index in [1.165, 1.54) is 12.3 Å². The summed E-state index contributed by atoms with van der Waals surface area (Å²) < 4.78 is 6.22. The molecule has 0 bridgehead atoms. The fourth-order valence-electron chi connectivity index (χ4n) is 1.92. The van der Waals surface area contributed by atoms with E-state index in [0.717, 1.165) is 4.57 Å². The molecule has 8 nitrogen and oxygen atoms in total. The van der Waals surface area contributed by atoms with E-state index < -0.39 is 36.3 Å². The molecule has 0 aromatic carbocycles. The van der Waals surface area contributed by atoms with Crippen LogP contribution in [0.2, 0.25) is 0 Å². The summed E-state index contributed by atoms with van der Waals surface area (Å²) in [6.45, 7) is -0.699. The molecule has 5 N–H and O–H groups in total. The second kappa shape index (κ2) is 4.64. The summed E-state index contributed by atoms with van der Waals surface area (Å²) in [6.07, 6.45) is 2.20. The van der Waals surface area contributed by atoms with Crippen molar-refractivity contribution in [2.75, 3.05) is 12.3 Å². The van der Waals surface area contributed by atoms with Gasteiger partial charge >= 0.3 is 5.69 Å². The number of hydrogen-bond acceptors (Lipinski definition) is 7. The molecule has 2 heterocycles. The number of rotatable bonds is 2. The minimum absolute atomic E-state index is 0.0136. The van der Waals surface area contributed by atoms with Gasteiger partial charge in [-0.2, -0.15) is 4.98 Å². The lowest BCUT2D eigenvalue weighted by molar-refractivity contribution is -0.0935. The molecule has 1 aliphatic rings.